The molecule has 2 heteroatoms. The Labute approximate surface area is 112 Å². The van der Waals surface area contributed by atoms with E-state index in [1.54, 1.807) is 7.11 Å². The summed E-state index contributed by atoms with van der Waals surface area (Å²) in [5, 5.41) is 3.65. The SMILES string of the molecule is CCCCCC(C)N[C@H](C)c1ccc(OC)cc1. The van der Waals surface area contributed by atoms with E-state index >= 15 is 0 Å². The van der Waals surface area contributed by atoms with E-state index < -0.39 is 0 Å². The van der Waals surface area contributed by atoms with Crippen molar-refractivity contribution in [3.8, 4) is 5.75 Å². The van der Waals surface area contributed by atoms with Gasteiger partial charge in [-0.25, -0.2) is 0 Å². The maximum atomic E-state index is 5.18. The van der Waals surface area contributed by atoms with E-state index in [0.717, 1.165) is 5.75 Å². The molecule has 1 N–H and O–H groups in total. The molecular formula is C16H27NO. The molecule has 0 aliphatic heterocycles. The molecule has 2 nitrogen and oxygen atoms in total. The summed E-state index contributed by atoms with van der Waals surface area (Å²) in [5.74, 6) is 0.918. The van der Waals surface area contributed by atoms with Crippen LogP contribution in [0.4, 0.5) is 0 Å². The molecule has 0 heterocycles. The van der Waals surface area contributed by atoms with Crippen molar-refractivity contribution in [2.75, 3.05) is 7.11 Å². The highest BCUT2D eigenvalue weighted by atomic mass is 16.5. The maximum absolute atomic E-state index is 5.18. The molecule has 1 unspecified atom stereocenters. The van der Waals surface area contributed by atoms with E-state index in [2.05, 4.69) is 38.2 Å². The van der Waals surface area contributed by atoms with Gasteiger partial charge in [-0.2, -0.15) is 0 Å². The Hall–Kier alpha value is -1.02. The third-order valence-electron chi connectivity index (χ3n) is 3.39. The molecule has 0 fully saturated rings. The molecule has 2 atom stereocenters. The standard InChI is InChI=1S/C16H27NO/c1-5-6-7-8-13(2)17-14(3)15-9-11-16(18-4)12-10-15/h9-14,17H,5-8H2,1-4H3/t13?,14-/m1/s1. The number of methoxy groups -OCH3 is 1. The first kappa shape index (κ1) is 15.0. The smallest absolute Gasteiger partial charge is 0.118 e. The fraction of sp³-hybridized carbons (Fsp3) is 0.625. The molecule has 0 aliphatic carbocycles. The summed E-state index contributed by atoms with van der Waals surface area (Å²) >= 11 is 0. The van der Waals surface area contributed by atoms with Crippen LogP contribution in [0.1, 0.15) is 58.1 Å². The van der Waals surface area contributed by atoms with Gasteiger partial charge in [0, 0.05) is 12.1 Å². The minimum atomic E-state index is 0.396. The van der Waals surface area contributed by atoms with Crippen molar-refractivity contribution in [1.82, 2.24) is 5.32 Å². The van der Waals surface area contributed by atoms with Crippen molar-refractivity contribution in [2.24, 2.45) is 0 Å². The summed E-state index contributed by atoms with van der Waals surface area (Å²) < 4.78 is 5.18. The van der Waals surface area contributed by atoms with Crippen LogP contribution in [-0.4, -0.2) is 13.2 Å². The number of ether oxygens (including phenoxy) is 1. The van der Waals surface area contributed by atoms with E-state index in [4.69, 9.17) is 4.74 Å². The number of rotatable bonds is 8. The number of hydrogen-bond donors (Lipinski definition) is 1. The van der Waals surface area contributed by atoms with Crippen LogP contribution in [0, 0.1) is 0 Å². The summed E-state index contributed by atoms with van der Waals surface area (Å²) in [7, 11) is 1.70. The van der Waals surface area contributed by atoms with Crippen LogP contribution < -0.4 is 10.1 Å². The van der Waals surface area contributed by atoms with E-state index in [1.807, 2.05) is 12.1 Å². The van der Waals surface area contributed by atoms with Crippen LogP contribution in [-0.2, 0) is 0 Å². The fourth-order valence-electron chi connectivity index (χ4n) is 2.20. The van der Waals surface area contributed by atoms with Gasteiger partial charge < -0.3 is 10.1 Å². The van der Waals surface area contributed by atoms with Gasteiger partial charge in [-0.1, -0.05) is 38.3 Å². The average Bonchev–Trinajstić information content (AvgIpc) is 2.39. The second kappa shape index (κ2) is 8.15. The Morgan fingerprint density at radius 2 is 1.78 bits per heavy atom. The van der Waals surface area contributed by atoms with Crippen LogP contribution >= 0.6 is 0 Å². The van der Waals surface area contributed by atoms with Gasteiger partial charge in [0.1, 0.15) is 5.75 Å². The predicted molar refractivity (Wildman–Crippen MR) is 78.1 cm³/mol. The van der Waals surface area contributed by atoms with Crippen LogP contribution in [0.15, 0.2) is 24.3 Å². The Bertz CT molecular complexity index is 320. The quantitative estimate of drug-likeness (QED) is 0.693. The van der Waals surface area contributed by atoms with Crippen molar-refractivity contribution in [3.63, 3.8) is 0 Å². The lowest BCUT2D eigenvalue weighted by Crippen LogP contribution is -2.28. The van der Waals surface area contributed by atoms with Gasteiger partial charge in [0.2, 0.25) is 0 Å². The average molecular weight is 249 g/mol. The van der Waals surface area contributed by atoms with Crippen molar-refractivity contribution < 1.29 is 4.74 Å². The third kappa shape index (κ3) is 5.09. The van der Waals surface area contributed by atoms with Gasteiger partial charge in [0.05, 0.1) is 7.11 Å². The Morgan fingerprint density at radius 1 is 1.11 bits per heavy atom. The van der Waals surface area contributed by atoms with Crippen LogP contribution in [0.25, 0.3) is 0 Å². The third-order valence-corrected chi connectivity index (χ3v) is 3.39. The van der Waals surface area contributed by atoms with Gasteiger partial charge in [-0.15, -0.1) is 0 Å². The van der Waals surface area contributed by atoms with Crippen molar-refractivity contribution in [2.45, 2.75) is 58.5 Å². The molecular weight excluding hydrogens is 222 g/mol. The van der Waals surface area contributed by atoms with E-state index in [1.165, 1.54) is 31.2 Å². The predicted octanol–water partition coefficient (Wildman–Crippen LogP) is 4.31. The fourth-order valence-corrected chi connectivity index (χ4v) is 2.20. The van der Waals surface area contributed by atoms with Gasteiger partial charge in [0.15, 0.2) is 0 Å². The molecule has 0 radical (unpaired) electrons. The first-order chi connectivity index (χ1) is 8.67. The van der Waals surface area contributed by atoms with Crippen LogP contribution in [0.5, 0.6) is 5.75 Å². The van der Waals surface area contributed by atoms with E-state index in [9.17, 15) is 0 Å². The number of nitrogens with one attached hydrogen (secondary N) is 1. The minimum Gasteiger partial charge on any atom is -0.497 e. The zero-order valence-electron chi connectivity index (χ0n) is 12.2. The Balaban J connectivity index is 2.40. The van der Waals surface area contributed by atoms with E-state index in [0.29, 0.717) is 12.1 Å². The topological polar surface area (TPSA) is 21.3 Å². The molecule has 18 heavy (non-hydrogen) atoms. The monoisotopic (exact) mass is 249 g/mol. The summed E-state index contributed by atoms with van der Waals surface area (Å²) in [5.41, 5.74) is 1.32. The van der Waals surface area contributed by atoms with Gasteiger partial charge in [-0.3, -0.25) is 0 Å². The minimum absolute atomic E-state index is 0.396. The second-order valence-corrected chi connectivity index (χ2v) is 5.06. The second-order valence-electron chi connectivity index (χ2n) is 5.06. The van der Waals surface area contributed by atoms with Gasteiger partial charge in [-0.05, 0) is 38.0 Å². The highest BCUT2D eigenvalue weighted by Gasteiger charge is 2.09. The summed E-state index contributed by atoms with van der Waals surface area (Å²) in [6.07, 6.45) is 5.21. The van der Waals surface area contributed by atoms with Crippen molar-refractivity contribution in [3.05, 3.63) is 29.8 Å². The first-order valence-corrected chi connectivity index (χ1v) is 7.07. The summed E-state index contributed by atoms with van der Waals surface area (Å²) in [4.78, 5) is 0. The highest BCUT2D eigenvalue weighted by Crippen LogP contribution is 2.18. The molecule has 0 spiro atoms. The number of unbranched alkanes of at least 4 members (excludes halogenated alkanes) is 2. The lowest BCUT2D eigenvalue weighted by molar-refractivity contribution is 0.413. The molecule has 1 rings (SSSR count). The molecule has 0 aromatic heterocycles. The first-order valence-electron chi connectivity index (χ1n) is 7.07. The molecule has 102 valence electrons. The maximum Gasteiger partial charge on any atom is 0.118 e. The molecule has 1 aromatic rings. The lowest BCUT2D eigenvalue weighted by atomic mass is 10.1. The molecule has 0 amide bonds. The normalized spacial score (nSPS) is 14.2. The molecule has 0 saturated heterocycles. The summed E-state index contributed by atoms with van der Waals surface area (Å²) in [6.45, 7) is 6.74. The largest absolute Gasteiger partial charge is 0.497 e. The molecule has 1 aromatic carbocycles. The highest BCUT2D eigenvalue weighted by molar-refractivity contribution is 5.28. The molecule has 0 bridgehead atoms. The zero-order valence-corrected chi connectivity index (χ0v) is 12.2. The molecule has 0 aliphatic rings. The Morgan fingerprint density at radius 3 is 2.33 bits per heavy atom. The van der Waals surface area contributed by atoms with E-state index in [-0.39, 0.29) is 0 Å². The van der Waals surface area contributed by atoms with Crippen LogP contribution in [0.3, 0.4) is 0 Å². The van der Waals surface area contributed by atoms with Gasteiger partial charge >= 0.3 is 0 Å². The van der Waals surface area contributed by atoms with Gasteiger partial charge in [0.25, 0.3) is 0 Å². The summed E-state index contributed by atoms with van der Waals surface area (Å²) in [6, 6.07) is 9.29. The van der Waals surface area contributed by atoms with Crippen LogP contribution in [0.2, 0.25) is 0 Å². The zero-order chi connectivity index (χ0) is 13.4. The number of hydrogen-bond acceptors (Lipinski definition) is 2. The van der Waals surface area contributed by atoms with Crippen molar-refractivity contribution >= 4 is 0 Å². The Kier molecular flexibility index (Phi) is 6.81. The van der Waals surface area contributed by atoms with Crippen molar-refractivity contribution in [1.29, 1.82) is 0 Å². The lowest BCUT2D eigenvalue weighted by Gasteiger charge is -2.20. The number of benzene rings is 1. The molecule has 0 saturated carbocycles.